The molecule has 0 saturated carbocycles. The fraction of sp³-hybridized carbons (Fsp3) is 1.00. The minimum Gasteiger partial charge on any atom is -0.327 e. The maximum Gasteiger partial charge on any atom is 0.0101 e. The van der Waals surface area contributed by atoms with E-state index in [0.29, 0.717) is 6.04 Å². The zero-order valence-electron chi connectivity index (χ0n) is 24.3. The number of unbranched alkanes of at least 4 members (excludes halogenated alkanes) is 11. The average Bonchev–Trinajstić information content (AvgIpc) is 2.81. The monoisotopic (exact) mass is 466 g/mol. The Kier molecular flexibility index (Phi) is 23.7. The highest BCUT2D eigenvalue weighted by molar-refractivity contribution is 4.88. The molecule has 0 bridgehead atoms. The summed E-state index contributed by atoms with van der Waals surface area (Å²) < 4.78 is 0. The van der Waals surface area contributed by atoms with Gasteiger partial charge >= 0.3 is 0 Å². The first-order valence-electron chi connectivity index (χ1n) is 15.8. The van der Waals surface area contributed by atoms with Crippen LogP contribution >= 0.6 is 0 Å². The van der Waals surface area contributed by atoms with E-state index in [1.807, 2.05) is 0 Å². The van der Waals surface area contributed by atoms with Crippen molar-refractivity contribution >= 4 is 0 Å². The molecule has 4 atom stereocenters. The summed E-state index contributed by atoms with van der Waals surface area (Å²) in [7, 11) is 0. The lowest BCUT2D eigenvalue weighted by Crippen LogP contribution is -2.44. The molecular weight excluding hydrogens is 398 g/mol. The van der Waals surface area contributed by atoms with Gasteiger partial charge in [0.25, 0.3) is 0 Å². The van der Waals surface area contributed by atoms with Crippen LogP contribution in [0.4, 0.5) is 0 Å². The van der Waals surface area contributed by atoms with E-state index in [0.717, 1.165) is 23.7 Å². The Morgan fingerprint density at radius 1 is 0.424 bits per heavy atom. The maximum atomic E-state index is 7.35. The van der Waals surface area contributed by atoms with Gasteiger partial charge in [-0.2, -0.15) is 0 Å². The van der Waals surface area contributed by atoms with E-state index in [1.165, 1.54) is 135 Å². The molecule has 0 spiro atoms. The Morgan fingerprint density at radius 3 is 1.27 bits per heavy atom. The van der Waals surface area contributed by atoms with E-state index in [9.17, 15) is 0 Å². The highest BCUT2D eigenvalue weighted by atomic mass is 14.7. The lowest BCUT2D eigenvalue weighted by Gasteiger charge is -2.40. The van der Waals surface area contributed by atoms with Crippen LogP contribution in [0.3, 0.4) is 0 Å². The van der Waals surface area contributed by atoms with Crippen molar-refractivity contribution < 1.29 is 0 Å². The third-order valence-corrected chi connectivity index (χ3v) is 8.42. The summed E-state index contributed by atoms with van der Waals surface area (Å²) in [4.78, 5) is 0. The third kappa shape index (κ3) is 16.3. The smallest absolute Gasteiger partial charge is 0.0101 e. The van der Waals surface area contributed by atoms with Gasteiger partial charge in [-0.1, -0.05) is 164 Å². The molecule has 0 aliphatic heterocycles. The Balaban J connectivity index is 5.51. The molecule has 0 saturated heterocycles. The molecule has 0 aromatic carbocycles. The van der Waals surface area contributed by atoms with Gasteiger partial charge in [0.1, 0.15) is 0 Å². The number of hydrogen-bond acceptors (Lipinski definition) is 1. The molecule has 0 heterocycles. The van der Waals surface area contributed by atoms with Crippen molar-refractivity contribution in [1.29, 1.82) is 0 Å². The quantitative estimate of drug-likeness (QED) is 0.133. The summed E-state index contributed by atoms with van der Waals surface area (Å²) in [6.45, 7) is 14.3. The van der Waals surface area contributed by atoms with Gasteiger partial charge in [0.05, 0.1) is 0 Å². The summed E-state index contributed by atoms with van der Waals surface area (Å²) in [6, 6.07) is 0.410. The predicted octanol–water partition coefficient (Wildman–Crippen LogP) is 11.1. The van der Waals surface area contributed by atoms with Crippen LogP contribution in [0, 0.1) is 23.7 Å². The molecule has 0 aromatic heterocycles. The van der Waals surface area contributed by atoms with Gasteiger partial charge in [-0.25, -0.2) is 0 Å². The number of nitrogens with two attached hydrogens (primary N) is 1. The van der Waals surface area contributed by atoms with Gasteiger partial charge in [0.2, 0.25) is 0 Å². The van der Waals surface area contributed by atoms with Crippen molar-refractivity contribution in [2.24, 2.45) is 29.4 Å². The molecule has 2 N–H and O–H groups in total. The lowest BCUT2D eigenvalue weighted by molar-refractivity contribution is 0.123. The second kappa shape index (κ2) is 23.7. The maximum absolute atomic E-state index is 7.35. The molecular formula is C32H67N. The summed E-state index contributed by atoms with van der Waals surface area (Å²) in [5.74, 6) is 3.10. The highest BCUT2D eigenvalue weighted by Gasteiger charge is 2.34. The Bertz CT molecular complexity index is 369. The molecule has 0 amide bonds. The predicted molar refractivity (Wildman–Crippen MR) is 153 cm³/mol. The van der Waals surface area contributed by atoms with Crippen molar-refractivity contribution in [3.05, 3.63) is 0 Å². The van der Waals surface area contributed by atoms with Gasteiger partial charge in [-0.15, -0.1) is 0 Å². The van der Waals surface area contributed by atoms with Crippen LogP contribution < -0.4 is 5.73 Å². The van der Waals surface area contributed by atoms with Crippen molar-refractivity contribution in [3.8, 4) is 0 Å². The summed E-state index contributed by atoms with van der Waals surface area (Å²) in [6.07, 6.45) is 29.0. The molecule has 0 fully saturated rings. The molecule has 1 nitrogen and oxygen atoms in total. The minimum atomic E-state index is 0.410. The molecule has 0 aliphatic carbocycles. The Labute approximate surface area is 211 Å². The van der Waals surface area contributed by atoms with Crippen LogP contribution in [0.2, 0.25) is 0 Å². The van der Waals surface area contributed by atoms with E-state index in [2.05, 4.69) is 41.5 Å². The van der Waals surface area contributed by atoms with Gasteiger partial charge < -0.3 is 5.73 Å². The molecule has 200 valence electrons. The van der Waals surface area contributed by atoms with Crippen LogP contribution in [-0.2, 0) is 0 Å². The fourth-order valence-electron chi connectivity index (χ4n) is 6.23. The molecule has 1 heteroatoms. The van der Waals surface area contributed by atoms with Crippen LogP contribution in [0.1, 0.15) is 176 Å². The van der Waals surface area contributed by atoms with Crippen molar-refractivity contribution in [1.82, 2.24) is 0 Å². The highest BCUT2D eigenvalue weighted by Crippen LogP contribution is 2.39. The Hall–Kier alpha value is -0.0400. The van der Waals surface area contributed by atoms with E-state index in [4.69, 9.17) is 5.73 Å². The first-order chi connectivity index (χ1) is 16.1. The van der Waals surface area contributed by atoms with Gasteiger partial charge in [-0.3, -0.25) is 0 Å². The van der Waals surface area contributed by atoms with Crippen LogP contribution in [0.15, 0.2) is 0 Å². The van der Waals surface area contributed by atoms with E-state index in [-0.39, 0.29) is 0 Å². The summed E-state index contributed by atoms with van der Waals surface area (Å²) in [5.41, 5.74) is 7.35. The second-order valence-electron chi connectivity index (χ2n) is 11.5. The number of rotatable bonds is 25. The van der Waals surface area contributed by atoms with Crippen LogP contribution in [-0.4, -0.2) is 6.04 Å². The molecule has 0 aliphatic rings. The topological polar surface area (TPSA) is 26.0 Å². The van der Waals surface area contributed by atoms with E-state index >= 15 is 0 Å². The second-order valence-corrected chi connectivity index (χ2v) is 11.5. The van der Waals surface area contributed by atoms with Crippen molar-refractivity contribution in [2.75, 3.05) is 0 Å². The zero-order valence-corrected chi connectivity index (χ0v) is 24.3. The van der Waals surface area contributed by atoms with Crippen LogP contribution in [0.5, 0.6) is 0 Å². The molecule has 33 heavy (non-hydrogen) atoms. The van der Waals surface area contributed by atoms with E-state index < -0.39 is 0 Å². The van der Waals surface area contributed by atoms with Crippen molar-refractivity contribution in [3.63, 3.8) is 0 Å². The van der Waals surface area contributed by atoms with Gasteiger partial charge in [0, 0.05) is 6.04 Å². The summed E-state index contributed by atoms with van der Waals surface area (Å²) >= 11 is 0. The fourth-order valence-corrected chi connectivity index (χ4v) is 6.23. The molecule has 0 radical (unpaired) electrons. The first kappa shape index (κ1) is 33.0. The third-order valence-electron chi connectivity index (χ3n) is 8.42. The molecule has 0 rings (SSSR count). The molecule has 0 aromatic rings. The minimum absolute atomic E-state index is 0.410. The lowest BCUT2D eigenvalue weighted by atomic mass is 9.67. The standard InChI is InChI=1S/C32H67N/c1-7-12-17-18-22-23-28(6)31(29(25-19-13-8-2)26-20-14-9-3)32(33)30(24-16-11-5)27-21-15-10-4/h28-32H,7-27,33H2,1-6H3. The first-order valence-corrected chi connectivity index (χ1v) is 15.8. The van der Waals surface area contributed by atoms with Crippen molar-refractivity contribution in [2.45, 2.75) is 182 Å². The van der Waals surface area contributed by atoms with Crippen LogP contribution in [0.25, 0.3) is 0 Å². The average molecular weight is 466 g/mol. The normalized spacial score (nSPS) is 15.6. The van der Waals surface area contributed by atoms with Gasteiger partial charge in [0.15, 0.2) is 0 Å². The van der Waals surface area contributed by atoms with E-state index in [1.54, 1.807) is 0 Å². The molecule has 4 unspecified atom stereocenters. The zero-order chi connectivity index (χ0) is 24.7. The number of hydrogen-bond donors (Lipinski definition) is 1. The Morgan fingerprint density at radius 2 is 0.788 bits per heavy atom. The SMILES string of the molecule is CCCCCCCC(C)C(C(CCCCC)CCCCC)C(N)C(CCCC)CCCCC. The summed E-state index contributed by atoms with van der Waals surface area (Å²) in [5, 5.41) is 0. The largest absolute Gasteiger partial charge is 0.327 e. The van der Waals surface area contributed by atoms with Gasteiger partial charge in [-0.05, 0) is 36.5 Å².